The largest absolute Gasteiger partial charge is 0.369 e. The number of nitrogens with one attached hydrogen (secondary N) is 1. The molecule has 4 nitrogen and oxygen atoms in total. The lowest BCUT2D eigenvalue weighted by Crippen LogP contribution is -3.13. The Morgan fingerprint density at radius 3 is 3.12 bits per heavy atom. The van der Waals surface area contributed by atoms with Gasteiger partial charge in [0.2, 0.25) is 5.91 Å². The standard InChI is InChI=1S/C13H19N3O/c14-13(17)6-9-16-8-2-1-5-12(16)11-4-3-7-15-10-11/h3-4,7,10,12H,1-2,5-6,8-9H2,(H2,14,17)/p+1/t12-/m1/s1. The van der Waals surface area contributed by atoms with Crippen LogP contribution in [-0.4, -0.2) is 24.0 Å². The molecule has 0 aromatic carbocycles. The van der Waals surface area contributed by atoms with Crippen LogP contribution in [0.4, 0.5) is 0 Å². The molecular formula is C13H20N3O+. The predicted molar refractivity (Wildman–Crippen MR) is 65.3 cm³/mol. The SMILES string of the molecule is NC(=O)CC[NH+]1CCCC[C@@H]1c1cccnc1. The van der Waals surface area contributed by atoms with E-state index in [1.54, 1.807) is 6.20 Å². The smallest absolute Gasteiger partial charge is 0.223 e. The summed E-state index contributed by atoms with van der Waals surface area (Å²) in [6, 6.07) is 4.60. The van der Waals surface area contributed by atoms with Crippen molar-refractivity contribution in [3.05, 3.63) is 30.1 Å². The molecule has 2 atom stereocenters. The van der Waals surface area contributed by atoms with E-state index in [1.165, 1.54) is 29.7 Å². The Morgan fingerprint density at radius 1 is 1.53 bits per heavy atom. The Kier molecular flexibility index (Phi) is 4.09. The third kappa shape index (κ3) is 3.27. The summed E-state index contributed by atoms with van der Waals surface area (Å²) in [4.78, 5) is 16.5. The van der Waals surface area contributed by atoms with E-state index in [0.717, 1.165) is 13.1 Å². The summed E-state index contributed by atoms with van der Waals surface area (Å²) in [5.74, 6) is -0.201. The maximum Gasteiger partial charge on any atom is 0.223 e. The molecule has 1 aromatic heterocycles. The molecule has 1 aliphatic rings. The normalized spacial score (nSPS) is 24.5. The first kappa shape index (κ1) is 12.0. The van der Waals surface area contributed by atoms with Gasteiger partial charge in [0.1, 0.15) is 6.04 Å². The van der Waals surface area contributed by atoms with Gasteiger partial charge in [0.05, 0.1) is 19.5 Å². The number of primary amides is 1. The molecule has 92 valence electrons. The number of carbonyl (C=O) groups excluding carboxylic acids is 1. The van der Waals surface area contributed by atoms with Crippen LogP contribution in [0.15, 0.2) is 24.5 Å². The maximum absolute atomic E-state index is 10.9. The summed E-state index contributed by atoms with van der Waals surface area (Å²) in [6.07, 6.45) is 7.91. The molecule has 1 unspecified atom stereocenters. The van der Waals surface area contributed by atoms with Crippen LogP contribution in [0.1, 0.15) is 37.3 Å². The molecule has 1 aliphatic heterocycles. The van der Waals surface area contributed by atoms with Gasteiger partial charge in [-0.3, -0.25) is 9.78 Å². The van der Waals surface area contributed by atoms with Gasteiger partial charge in [-0.2, -0.15) is 0 Å². The number of aromatic nitrogens is 1. The molecule has 1 aromatic rings. The number of likely N-dealkylation sites (tertiary alicyclic amines) is 1. The Labute approximate surface area is 102 Å². The minimum absolute atomic E-state index is 0.201. The van der Waals surface area contributed by atoms with Gasteiger partial charge in [-0.05, 0) is 18.9 Å². The van der Waals surface area contributed by atoms with Gasteiger partial charge in [-0.15, -0.1) is 0 Å². The summed E-state index contributed by atoms with van der Waals surface area (Å²) in [5, 5.41) is 0. The van der Waals surface area contributed by atoms with E-state index in [4.69, 9.17) is 5.73 Å². The number of rotatable bonds is 4. The molecule has 4 heteroatoms. The monoisotopic (exact) mass is 234 g/mol. The number of hydrogen-bond acceptors (Lipinski definition) is 2. The predicted octanol–water partition coefficient (Wildman–Crippen LogP) is 0.0669. The highest BCUT2D eigenvalue weighted by Gasteiger charge is 2.27. The minimum atomic E-state index is -0.201. The topological polar surface area (TPSA) is 60.4 Å². The second-order valence-electron chi connectivity index (χ2n) is 4.71. The Hall–Kier alpha value is -1.42. The van der Waals surface area contributed by atoms with E-state index < -0.39 is 0 Å². The molecule has 2 heterocycles. The van der Waals surface area contributed by atoms with E-state index in [0.29, 0.717) is 12.5 Å². The molecular weight excluding hydrogens is 214 g/mol. The van der Waals surface area contributed by atoms with Gasteiger partial charge in [0.15, 0.2) is 0 Å². The minimum Gasteiger partial charge on any atom is -0.369 e. The molecule has 1 fully saturated rings. The van der Waals surface area contributed by atoms with Gasteiger partial charge >= 0.3 is 0 Å². The van der Waals surface area contributed by atoms with Gasteiger partial charge in [0.25, 0.3) is 0 Å². The van der Waals surface area contributed by atoms with Crippen LogP contribution < -0.4 is 10.6 Å². The van der Waals surface area contributed by atoms with Crippen LogP contribution in [0, 0.1) is 0 Å². The fourth-order valence-electron chi connectivity index (χ4n) is 2.65. The highest BCUT2D eigenvalue weighted by molar-refractivity contribution is 5.73. The van der Waals surface area contributed by atoms with Crippen LogP contribution in [0.2, 0.25) is 0 Å². The molecule has 0 spiro atoms. The number of amides is 1. The zero-order valence-electron chi connectivity index (χ0n) is 10.1. The molecule has 0 radical (unpaired) electrons. The quantitative estimate of drug-likeness (QED) is 0.774. The van der Waals surface area contributed by atoms with Crippen LogP contribution in [0.3, 0.4) is 0 Å². The number of quaternary nitrogens is 1. The molecule has 2 rings (SSSR count). The molecule has 17 heavy (non-hydrogen) atoms. The fraction of sp³-hybridized carbons (Fsp3) is 0.538. The van der Waals surface area contributed by atoms with Crippen LogP contribution in [0.25, 0.3) is 0 Å². The molecule has 0 bridgehead atoms. The van der Waals surface area contributed by atoms with Gasteiger partial charge in [-0.25, -0.2) is 0 Å². The first-order valence-electron chi connectivity index (χ1n) is 6.30. The van der Waals surface area contributed by atoms with E-state index >= 15 is 0 Å². The van der Waals surface area contributed by atoms with Crippen molar-refractivity contribution in [2.45, 2.75) is 31.7 Å². The second-order valence-corrected chi connectivity index (χ2v) is 4.71. The first-order valence-corrected chi connectivity index (χ1v) is 6.30. The van der Waals surface area contributed by atoms with Crippen molar-refractivity contribution < 1.29 is 9.69 Å². The molecule has 1 amide bonds. The molecule has 0 aliphatic carbocycles. The lowest BCUT2D eigenvalue weighted by atomic mass is 9.96. The van der Waals surface area contributed by atoms with Crippen molar-refractivity contribution in [3.63, 3.8) is 0 Å². The van der Waals surface area contributed by atoms with Gasteiger partial charge in [-0.1, -0.05) is 6.07 Å². The summed E-state index contributed by atoms with van der Waals surface area (Å²) in [5.41, 5.74) is 6.51. The number of carbonyl (C=O) groups is 1. The van der Waals surface area contributed by atoms with E-state index in [-0.39, 0.29) is 5.91 Å². The fourth-order valence-corrected chi connectivity index (χ4v) is 2.65. The number of piperidine rings is 1. The molecule has 1 saturated heterocycles. The Morgan fingerprint density at radius 2 is 2.41 bits per heavy atom. The average molecular weight is 234 g/mol. The summed E-state index contributed by atoms with van der Waals surface area (Å²) < 4.78 is 0. The van der Waals surface area contributed by atoms with Crippen molar-refractivity contribution in [2.24, 2.45) is 5.73 Å². The average Bonchev–Trinajstić information content (AvgIpc) is 2.38. The second kappa shape index (κ2) is 5.77. The van der Waals surface area contributed by atoms with Crippen molar-refractivity contribution in [1.82, 2.24) is 4.98 Å². The van der Waals surface area contributed by atoms with E-state index in [2.05, 4.69) is 11.1 Å². The third-order valence-corrected chi connectivity index (χ3v) is 3.51. The van der Waals surface area contributed by atoms with Crippen LogP contribution in [-0.2, 0) is 4.79 Å². The number of pyridine rings is 1. The summed E-state index contributed by atoms with van der Waals surface area (Å²) in [7, 11) is 0. The highest BCUT2D eigenvalue weighted by atomic mass is 16.1. The summed E-state index contributed by atoms with van der Waals surface area (Å²) in [6.45, 7) is 1.97. The zero-order valence-corrected chi connectivity index (χ0v) is 10.1. The third-order valence-electron chi connectivity index (χ3n) is 3.51. The van der Waals surface area contributed by atoms with Crippen molar-refractivity contribution >= 4 is 5.91 Å². The van der Waals surface area contributed by atoms with Crippen molar-refractivity contribution in [2.75, 3.05) is 13.1 Å². The van der Waals surface area contributed by atoms with Crippen LogP contribution in [0.5, 0.6) is 0 Å². The molecule has 0 saturated carbocycles. The van der Waals surface area contributed by atoms with Gasteiger partial charge < -0.3 is 10.6 Å². The number of hydrogen-bond donors (Lipinski definition) is 2. The van der Waals surface area contributed by atoms with E-state index in [1.807, 2.05) is 12.3 Å². The van der Waals surface area contributed by atoms with Crippen LogP contribution >= 0.6 is 0 Å². The van der Waals surface area contributed by atoms with Gasteiger partial charge in [0, 0.05) is 24.4 Å². The Bertz CT molecular complexity index is 366. The number of nitrogens with two attached hydrogens (primary N) is 1. The zero-order chi connectivity index (χ0) is 12.1. The highest BCUT2D eigenvalue weighted by Crippen LogP contribution is 2.18. The number of nitrogens with zero attached hydrogens (tertiary/aromatic N) is 1. The Balaban J connectivity index is 2.04. The van der Waals surface area contributed by atoms with Crippen molar-refractivity contribution in [3.8, 4) is 0 Å². The van der Waals surface area contributed by atoms with E-state index in [9.17, 15) is 4.79 Å². The maximum atomic E-state index is 10.9. The van der Waals surface area contributed by atoms with Crippen molar-refractivity contribution in [1.29, 1.82) is 0 Å². The first-order chi connectivity index (χ1) is 8.27. The molecule has 3 N–H and O–H groups in total. The lowest BCUT2D eigenvalue weighted by molar-refractivity contribution is -0.936. The summed E-state index contributed by atoms with van der Waals surface area (Å²) >= 11 is 0. The lowest BCUT2D eigenvalue weighted by Gasteiger charge is -2.32.